The lowest BCUT2D eigenvalue weighted by Gasteiger charge is -2.00. The Morgan fingerprint density at radius 3 is 2.60 bits per heavy atom. The first kappa shape index (κ1) is 13.6. The third-order valence-electron chi connectivity index (χ3n) is 2.96. The number of hydrogen-bond donors (Lipinski definition) is 0. The van der Waals surface area contributed by atoms with E-state index in [0.717, 1.165) is 32.9 Å². The van der Waals surface area contributed by atoms with E-state index in [9.17, 15) is 0 Å². The molecule has 6 heteroatoms. The summed E-state index contributed by atoms with van der Waals surface area (Å²) in [6.45, 7) is 6.37. The number of fused-ring (bicyclic) bond motifs is 1. The summed E-state index contributed by atoms with van der Waals surface area (Å²) >= 11 is 3.42. The lowest BCUT2D eigenvalue weighted by Crippen LogP contribution is -1.94. The minimum absolute atomic E-state index is 0.855. The summed E-state index contributed by atoms with van der Waals surface area (Å²) in [5.41, 5.74) is 3.67. The summed E-state index contributed by atoms with van der Waals surface area (Å²) in [6.07, 6.45) is 0. The number of rotatable bonds is 4. The van der Waals surface area contributed by atoms with Gasteiger partial charge in [-0.1, -0.05) is 35.5 Å². The maximum absolute atomic E-state index is 4.67. The fourth-order valence-corrected chi connectivity index (χ4v) is 3.57. The van der Waals surface area contributed by atoms with Gasteiger partial charge in [0, 0.05) is 5.56 Å². The molecule has 0 unspecified atom stereocenters. The molecule has 0 saturated carbocycles. The van der Waals surface area contributed by atoms with Crippen LogP contribution in [0.2, 0.25) is 0 Å². The summed E-state index contributed by atoms with van der Waals surface area (Å²) in [5, 5.41) is 14.1. The number of thioether (sulfide) groups is 1. The first-order valence-electron chi connectivity index (χ1n) is 6.55. The van der Waals surface area contributed by atoms with Crippen LogP contribution in [-0.2, 0) is 5.75 Å². The van der Waals surface area contributed by atoms with Crippen molar-refractivity contribution in [2.24, 2.45) is 0 Å². The molecule has 3 aromatic rings. The van der Waals surface area contributed by atoms with E-state index in [1.807, 2.05) is 16.3 Å². The van der Waals surface area contributed by atoms with Crippen molar-refractivity contribution >= 4 is 28.1 Å². The van der Waals surface area contributed by atoms with Gasteiger partial charge in [-0.15, -0.1) is 10.2 Å². The number of benzene rings is 1. The first-order chi connectivity index (χ1) is 9.67. The van der Waals surface area contributed by atoms with Crippen LogP contribution in [0.5, 0.6) is 0 Å². The maximum Gasteiger partial charge on any atom is 0.235 e. The van der Waals surface area contributed by atoms with E-state index in [2.05, 4.69) is 54.3 Å². The third-order valence-corrected chi connectivity index (χ3v) is 4.78. The molecule has 0 N–H and O–H groups in total. The summed E-state index contributed by atoms with van der Waals surface area (Å²) < 4.78 is 1.88. The second-order valence-electron chi connectivity index (χ2n) is 4.73. The Hall–Kier alpha value is -1.40. The number of hydrogen-bond acceptors (Lipinski definition) is 5. The van der Waals surface area contributed by atoms with Crippen molar-refractivity contribution < 1.29 is 0 Å². The topological polar surface area (TPSA) is 43.1 Å². The summed E-state index contributed by atoms with van der Waals surface area (Å²) in [4.78, 5) is 0.867. The molecule has 0 amide bonds. The molecule has 0 saturated heterocycles. The van der Waals surface area contributed by atoms with Gasteiger partial charge in [-0.3, -0.25) is 0 Å². The van der Waals surface area contributed by atoms with Crippen LogP contribution in [0.1, 0.15) is 23.9 Å². The van der Waals surface area contributed by atoms with E-state index in [4.69, 9.17) is 0 Å². The van der Waals surface area contributed by atoms with Crippen LogP contribution in [0.15, 0.2) is 18.2 Å². The van der Waals surface area contributed by atoms with E-state index in [-0.39, 0.29) is 0 Å². The zero-order valence-electron chi connectivity index (χ0n) is 11.8. The van der Waals surface area contributed by atoms with Gasteiger partial charge in [0.1, 0.15) is 5.01 Å². The first-order valence-corrected chi connectivity index (χ1v) is 8.52. The van der Waals surface area contributed by atoms with Gasteiger partial charge in [-0.05, 0) is 31.7 Å². The molecule has 0 bridgehead atoms. The quantitative estimate of drug-likeness (QED) is 0.737. The lowest BCUT2D eigenvalue weighted by molar-refractivity contribution is 0.887. The SMILES string of the molecule is CCSCc1nnc2sc(-c3cc(C)cc(C)c3)nn12. The molecule has 104 valence electrons. The van der Waals surface area contributed by atoms with Gasteiger partial charge in [-0.2, -0.15) is 21.4 Å². The molecule has 3 rings (SSSR count). The standard InChI is InChI=1S/C14H16N4S2/c1-4-19-8-12-15-16-14-18(12)17-13(20-14)11-6-9(2)5-10(3)7-11/h5-7H,4,8H2,1-3H3. The monoisotopic (exact) mass is 304 g/mol. The molecule has 0 aliphatic rings. The molecule has 4 nitrogen and oxygen atoms in total. The van der Waals surface area contributed by atoms with E-state index >= 15 is 0 Å². The highest BCUT2D eigenvalue weighted by molar-refractivity contribution is 7.98. The Morgan fingerprint density at radius 1 is 1.15 bits per heavy atom. The second kappa shape index (κ2) is 5.54. The molecule has 2 aromatic heterocycles. The van der Waals surface area contributed by atoms with Crippen molar-refractivity contribution in [2.45, 2.75) is 26.5 Å². The average molecular weight is 304 g/mol. The van der Waals surface area contributed by atoms with Crippen LogP contribution in [0, 0.1) is 13.8 Å². The van der Waals surface area contributed by atoms with Gasteiger partial charge >= 0.3 is 0 Å². The molecule has 1 aromatic carbocycles. The van der Waals surface area contributed by atoms with Gasteiger partial charge in [0.15, 0.2) is 5.82 Å². The average Bonchev–Trinajstić information content (AvgIpc) is 2.95. The Morgan fingerprint density at radius 2 is 1.90 bits per heavy atom. The van der Waals surface area contributed by atoms with Crippen molar-refractivity contribution in [3.05, 3.63) is 35.2 Å². The van der Waals surface area contributed by atoms with Crippen LogP contribution < -0.4 is 0 Å². The van der Waals surface area contributed by atoms with Crippen molar-refractivity contribution in [3.63, 3.8) is 0 Å². The van der Waals surface area contributed by atoms with Gasteiger partial charge in [0.2, 0.25) is 4.96 Å². The summed E-state index contributed by atoms with van der Waals surface area (Å²) in [7, 11) is 0. The maximum atomic E-state index is 4.67. The van der Waals surface area contributed by atoms with Crippen LogP contribution in [0.4, 0.5) is 0 Å². The van der Waals surface area contributed by atoms with Crippen molar-refractivity contribution in [1.82, 2.24) is 19.8 Å². The van der Waals surface area contributed by atoms with Crippen molar-refractivity contribution in [1.29, 1.82) is 0 Å². The van der Waals surface area contributed by atoms with Crippen LogP contribution in [0.3, 0.4) is 0 Å². The van der Waals surface area contributed by atoms with E-state index < -0.39 is 0 Å². The van der Waals surface area contributed by atoms with Crippen LogP contribution in [0.25, 0.3) is 15.5 Å². The number of aromatic nitrogens is 4. The molecule has 0 radical (unpaired) electrons. The van der Waals surface area contributed by atoms with Crippen LogP contribution in [-0.4, -0.2) is 25.6 Å². The molecular formula is C14H16N4S2. The number of nitrogens with zero attached hydrogens (tertiary/aromatic N) is 4. The molecule has 0 aliphatic heterocycles. The Kier molecular flexibility index (Phi) is 3.76. The van der Waals surface area contributed by atoms with Gasteiger partial charge in [0.05, 0.1) is 5.75 Å². The van der Waals surface area contributed by atoms with Gasteiger partial charge < -0.3 is 0 Å². The predicted molar refractivity (Wildman–Crippen MR) is 85.4 cm³/mol. The molecule has 0 atom stereocenters. The molecule has 20 heavy (non-hydrogen) atoms. The fraction of sp³-hybridized carbons (Fsp3) is 0.357. The largest absolute Gasteiger partial charge is 0.235 e. The summed E-state index contributed by atoms with van der Waals surface area (Å²) in [6, 6.07) is 6.51. The number of aryl methyl sites for hydroxylation is 2. The van der Waals surface area contributed by atoms with E-state index in [1.54, 1.807) is 11.3 Å². The Labute approximate surface area is 126 Å². The molecule has 0 fully saturated rings. The second-order valence-corrected chi connectivity index (χ2v) is 6.96. The zero-order chi connectivity index (χ0) is 14.1. The minimum atomic E-state index is 0.855. The zero-order valence-corrected chi connectivity index (χ0v) is 13.4. The molecule has 0 aliphatic carbocycles. The normalized spacial score (nSPS) is 11.3. The van der Waals surface area contributed by atoms with Gasteiger partial charge in [0.25, 0.3) is 0 Å². The highest BCUT2D eigenvalue weighted by Gasteiger charge is 2.13. The lowest BCUT2D eigenvalue weighted by atomic mass is 10.1. The third kappa shape index (κ3) is 2.58. The Bertz CT molecular complexity index is 725. The molecule has 2 heterocycles. The molecule has 0 spiro atoms. The summed E-state index contributed by atoms with van der Waals surface area (Å²) in [5.74, 6) is 2.86. The van der Waals surface area contributed by atoms with E-state index in [1.165, 1.54) is 11.1 Å². The fourth-order valence-electron chi connectivity index (χ4n) is 2.16. The Balaban J connectivity index is 2.02. The van der Waals surface area contributed by atoms with Gasteiger partial charge in [-0.25, -0.2) is 0 Å². The molecular weight excluding hydrogens is 288 g/mol. The smallest absolute Gasteiger partial charge is 0.186 e. The van der Waals surface area contributed by atoms with E-state index in [0.29, 0.717) is 0 Å². The predicted octanol–water partition coefficient (Wildman–Crippen LogP) is 3.72. The van der Waals surface area contributed by atoms with Crippen molar-refractivity contribution in [3.8, 4) is 10.6 Å². The highest BCUT2D eigenvalue weighted by Crippen LogP contribution is 2.27. The minimum Gasteiger partial charge on any atom is -0.186 e. The van der Waals surface area contributed by atoms with Crippen molar-refractivity contribution in [2.75, 3.05) is 5.75 Å². The highest BCUT2D eigenvalue weighted by atomic mass is 32.2. The van der Waals surface area contributed by atoms with Crippen LogP contribution >= 0.6 is 23.1 Å².